The van der Waals surface area contributed by atoms with Crippen molar-refractivity contribution in [3.8, 4) is 17.2 Å². The summed E-state index contributed by atoms with van der Waals surface area (Å²) in [5.41, 5.74) is 5.17. The number of esters is 1. The van der Waals surface area contributed by atoms with Crippen LogP contribution >= 0.6 is 38.5 Å². The lowest BCUT2D eigenvalue weighted by atomic mass is 9.95. The average Bonchev–Trinajstić information content (AvgIpc) is 3.03. The Kier molecular flexibility index (Phi) is 12.4. The number of aliphatic hydroxyl groups excluding tert-OH is 1. The SMILES string of the molecule is CCOc1cc([C@@H]2NC(=O)NC(C)=C2C(=O)OC)ccc1OC[C@@H](O)N/N=C\c1cc(Br)c(OCc2cccc([N+](=O)[O-])c2)c(I)c1. The number of hydrazone groups is 1. The van der Waals surface area contributed by atoms with Crippen molar-refractivity contribution in [2.45, 2.75) is 32.7 Å². The number of halogens is 2. The largest absolute Gasteiger partial charge is 0.490 e. The van der Waals surface area contributed by atoms with Gasteiger partial charge in [-0.05, 0) is 93.3 Å². The summed E-state index contributed by atoms with van der Waals surface area (Å²) in [4.78, 5) is 35.2. The molecule has 1 aliphatic heterocycles. The first-order valence-electron chi connectivity index (χ1n) is 14.1. The lowest BCUT2D eigenvalue weighted by Gasteiger charge is -2.28. The molecule has 47 heavy (non-hydrogen) atoms. The molecule has 14 nitrogen and oxygen atoms in total. The van der Waals surface area contributed by atoms with Crippen molar-refractivity contribution in [1.82, 2.24) is 16.1 Å². The fourth-order valence-electron chi connectivity index (χ4n) is 4.53. The van der Waals surface area contributed by atoms with Crippen molar-refractivity contribution < 1.29 is 38.6 Å². The monoisotopic (exact) mass is 823 g/mol. The first kappa shape index (κ1) is 35.4. The summed E-state index contributed by atoms with van der Waals surface area (Å²) in [5, 5.41) is 30.9. The molecule has 0 aromatic heterocycles. The first-order valence-corrected chi connectivity index (χ1v) is 16.0. The molecule has 1 aliphatic rings. The highest BCUT2D eigenvalue weighted by Gasteiger charge is 2.32. The number of non-ortho nitro benzene ring substituents is 1. The highest BCUT2D eigenvalue weighted by Crippen LogP contribution is 2.35. The van der Waals surface area contributed by atoms with Crippen LogP contribution in [0.3, 0.4) is 0 Å². The third-order valence-corrected chi connectivity index (χ3v) is 8.02. The number of urea groups is 1. The second kappa shape index (κ2) is 16.4. The van der Waals surface area contributed by atoms with Gasteiger partial charge in [0.15, 0.2) is 17.7 Å². The van der Waals surface area contributed by atoms with E-state index in [1.165, 1.54) is 25.5 Å². The number of nitrogens with one attached hydrogen (secondary N) is 3. The zero-order chi connectivity index (χ0) is 34.1. The van der Waals surface area contributed by atoms with Gasteiger partial charge in [-0.2, -0.15) is 5.10 Å². The number of allylic oxidation sites excluding steroid dienone is 1. The number of rotatable bonds is 14. The van der Waals surface area contributed by atoms with Gasteiger partial charge < -0.3 is 34.7 Å². The van der Waals surface area contributed by atoms with Crippen molar-refractivity contribution in [3.05, 3.63) is 101 Å². The number of benzene rings is 3. The Balaban J connectivity index is 1.37. The first-order chi connectivity index (χ1) is 22.5. The summed E-state index contributed by atoms with van der Waals surface area (Å²) in [7, 11) is 1.26. The standard InChI is InChI=1S/C31H31BrIN5O9/c1-4-45-25-13-20(28-27(30(40)44-3)17(2)35-31(41)36-28)8-9-24(25)46-16-26(39)37-34-14-19-11-22(32)29(23(33)12-19)47-15-18-6-5-7-21(10-18)38(42)43/h5-14,26,28,37,39H,4,15-16H2,1-3H3,(H2,35,36,41)/b34-14-/t26-,28+/m1/s1. The molecule has 0 unspecified atom stereocenters. The number of carbonyl (C=O) groups is 2. The molecule has 0 radical (unpaired) electrons. The van der Waals surface area contributed by atoms with Gasteiger partial charge in [-0.1, -0.05) is 18.2 Å². The molecular weight excluding hydrogens is 793 g/mol. The summed E-state index contributed by atoms with van der Waals surface area (Å²) in [6.07, 6.45) is 0.337. The van der Waals surface area contributed by atoms with Gasteiger partial charge in [-0.25, -0.2) is 9.59 Å². The van der Waals surface area contributed by atoms with Gasteiger partial charge in [-0.15, -0.1) is 0 Å². The van der Waals surface area contributed by atoms with Gasteiger partial charge in [0.05, 0.1) is 44.5 Å². The van der Waals surface area contributed by atoms with Gasteiger partial charge in [0.2, 0.25) is 0 Å². The maximum Gasteiger partial charge on any atom is 0.337 e. The van der Waals surface area contributed by atoms with Crippen LogP contribution in [0.25, 0.3) is 0 Å². The van der Waals surface area contributed by atoms with Crippen LogP contribution in [0.5, 0.6) is 17.2 Å². The van der Waals surface area contributed by atoms with Crippen molar-refractivity contribution in [2.24, 2.45) is 5.10 Å². The highest BCUT2D eigenvalue weighted by molar-refractivity contribution is 14.1. The second-order valence-corrected chi connectivity index (χ2v) is 12.0. The lowest BCUT2D eigenvalue weighted by molar-refractivity contribution is -0.384. The molecule has 0 spiro atoms. The molecule has 1 heterocycles. The van der Waals surface area contributed by atoms with E-state index in [1.807, 2.05) is 6.07 Å². The minimum atomic E-state index is -1.18. The number of hydrogen-bond donors (Lipinski definition) is 4. The van der Waals surface area contributed by atoms with Crippen LogP contribution in [0.1, 0.15) is 36.6 Å². The van der Waals surface area contributed by atoms with Crippen molar-refractivity contribution in [3.63, 3.8) is 0 Å². The number of nitrogens with zero attached hydrogens (tertiary/aromatic N) is 2. The van der Waals surface area contributed by atoms with Crippen LogP contribution in [0, 0.1) is 13.7 Å². The topological polar surface area (TPSA) is 183 Å². The van der Waals surface area contributed by atoms with Crippen molar-refractivity contribution >= 4 is 62.4 Å². The Hall–Kier alpha value is -4.42. The number of aliphatic hydroxyl groups is 1. The molecule has 0 saturated carbocycles. The molecule has 2 amide bonds. The van der Waals surface area contributed by atoms with E-state index >= 15 is 0 Å². The Morgan fingerprint density at radius 1 is 1.19 bits per heavy atom. The van der Waals surface area contributed by atoms with Gasteiger partial charge in [0, 0.05) is 17.8 Å². The second-order valence-electron chi connectivity index (χ2n) is 9.94. The number of amides is 2. The van der Waals surface area contributed by atoms with Crippen LogP contribution in [0.2, 0.25) is 0 Å². The summed E-state index contributed by atoms with van der Waals surface area (Å²) in [6, 6.07) is 13.6. The van der Waals surface area contributed by atoms with Gasteiger partial charge in [0.25, 0.3) is 5.69 Å². The molecule has 0 fully saturated rings. The van der Waals surface area contributed by atoms with Gasteiger partial charge in [-0.3, -0.25) is 15.5 Å². The third kappa shape index (κ3) is 9.32. The molecular formula is C31H31BrIN5O9. The predicted octanol–water partition coefficient (Wildman–Crippen LogP) is 5.06. The molecule has 2 atom stereocenters. The zero-order valence-electron chi connectivity index (χ0n) is 25.4. The maximum atomic E-state index is 12.5. The number of methoxy groups -OCH3 is 1. The van der Waals surface area contributed by atoms with E-state index in [4.69, 9.17) is 18.9 Å². The fraction of sp³-hybridized carbons (Fsp3) is 0.258. The average molecular weight is 824 g/mol. The van der Waals surface area contributed by atoms with Gasteiger partial charge in [0.1, 0.15) is 19.0 Å². The minimum Gasteiger partial charge on any atom is -0.490 e. The highest BCUT2D eigenvalue weighted by atomic mass is 127. The van der Waals surface area contributed by atoms with E-state index in [0.717, 1.165) is 3.57 Å². The Bertz CT molecular complexity index is 1700. The van der Waals surface area contributed by atoms with Crippen LogP contribution in [-0.2, 0) is 16.1 Å². The van der Waals surface area contributed by atoms with E-state index in [-0.39, 0.29) is 24.5 Å². The number of nitro groups is 1. The normalized spacial score (nSPS) is 15.0. The molecule has 0 aliphatic carbocycles. The molecule has 248 valence electrons. The summed E-state index contributed by atoms with van der Waals surface area (Å²) in [5.74, 6) is 0.669. The lowest BCUT2D eigenvalue weighted by Crippen LogP contribution is -2.45. The quantitative estimate of drug-likeness (QED) is 0.0428. The fourth-order valence-corrected chi connectivity index (χ4v) is 6.30. The van der Waals surface area contributed by atoms with E-state index in [2.05, 4.69) is 59.7 Å². The van der Waals surface area contributed by atoms with E-state index in [1.54, 1.807) is 50.2 Å². The van der Waals surface area contributed by atoms with Crippen LogP contribution in [0.4, 0.5) is 10.5 Å². The van der Waals surface area contributed by atoms with E-state index < -0.39 is 29.2 Å². The van der Waals surface area contributed by atoms with Crippen LogP contribution in [-0.4, -0.2) is 54.8 Å². The van der Waals surface area contributed by atoms with E-state index in [9.17, 15) is 24.8 Å². The van der Waals surface area contributed by atoms with Crippen molar-refractivity contribution in [1.29, 1.82) is 0 Å². The molecule has 16 heteroatoms. The van der Waals surface area contributed by atoms with Crippen LogP contribution in [0.15, 0.2) is 75.4 Å². The Labute approximate surface area is 291 Å². The molecule has 3 aromatic carbocycles. The molecule has 0 bridgehead atoms. The molecule has 4 rings (SSSR count). The van der Waals surface area contributed by atoms with Crippen LogP contribution < -0.4 is 30.3 Å². The number of nitro benzene ring substituents is 1. The third-order valence-electron chi connectivity index (χ3n) is 6.63. The zero-order valence-corrected chi connectivity index (χ0v) is 29.2. The molecule has 4 N–H and O–H groups in total. The minimum absolute atomic E-state index is 0.00802. The van der Waals surface area contributed by atoms with Gasteiger partial charge >= 0.3 is 12.0 Å². The molecule has 0 saturated heterocycles. The number of ether oxygens (including phenoxy) is 4. The van der Waals surface area contributed by atoms with E-state index in [0.29, 0.717) is 50.7 Å². The number of hydrogen-bond acceptors (Lipinski definition) is 11. The summed E-state index contributed by atoms with van der Waals surface area (Å²) in [6.45, 7) is 3.69. The Morgan fingerprint density at radius 3 is 2.68 bits per heavy atom. The number of carbonyl (C=O) groups excluding carboxylic acids is 2. The predicted molar refractivity (Wildman–Crippen MR) is 183 cm³/mol. The smallest absolute Gasteiger partial charge is 0.337 e. The van der Waals surface area contributed by atoms with Crippen molar-refractivity contribution in [2.75, 3.05) is 20.3 Å². The molecule has 3 aromatic rings. The summed E-state index contributed by atoms with van der Waals surface area (Å²) < 4.78 is 23.8. The maximum absolute atomic E-state index is 12.5. The summed E-state index contributed by atoms with van der Waals surface area (Å²) >= 11 is 5.62. The Morgan fingerprint density at radius 2 is 1.98 bits per heavy atom.